The van der Waals surface area contributed by atoms with Crippen molar-refractivity contribution in [2.24, 2.45) is 0 Å². The molecule has 1 fully saturated rings. The highest BCUT2D eigenvalue weighted by atomic mass is 32.2. The minimum atomic E-state index is -3.83. The van der Waals surface area contributed by atoms with Crippen molar-refractivity contribution >= 4 is 21.6 Å². The Kier molecular flexibility index (Phi) is 6.94. The molecule has 0 unspecified atom stereocenters. The van der Waals surface area contributed by atoms with Gasteiger partial charge in [-0.1, -0.05) is 6.42 Å². The molecular formula is C21H25FN2O5S. The first-order chi connectivity index (χ1) is 14.3. The summed E-state index contributed by atoms with van der Waals surface area (Å²) in [4.78, 5) is 12.7. The summed E-state index contributed by atoms with van der Waals surface area (Å²) in [5.41, 5.74) is 0.450. The summed E-state index contributed by atoms with van der Waals surface area (Å²) in [7, 11) is -0.811. The van der Waals surface area contributed by atoms with Gasteiger partial charge in [0.1, 0.15) is 17.3 Å². The van der Waals surface area contributed by atoms with Crippen LogP contribution in [0.2, 0.25) is 0 Å². The minimum absolute atomic E-state index is 0.000782. The third-order valence-electron chi connectivity index (χ3n) is 5.10. The molecule has 9 heteroatoms. The molecule has 0 aliphatic carbocycles. The van der Waals surface area contributed by atoms with Gasteiger partial charge in [0.15, 0.2) is 0 Å². The number of piperidine rings is 1. The molecular weight excluding hydrogens is 411 g/mol. The molecule has 0 aromatic heterocycles. The smallest absolute Gasteiger partial charge is 0.243 e. The van der Waals surface area contributed by atoms with E-state index in [-0.39, 0.29) is 17.2 Å². The molecule has 1 heterocycles. The lowest BCUT2D eigenvalue weighted by atomic mass is 10.0. The van der Waals surface area contributed by atoms with Crippen molar-refractivity contribution < 1.29 is 27.1 Å². The van der Waals surface area contributed by atoms with Gasteiger partial charge in [-0.05, 0) is 49.2 Å². The van der Waals surface area contributed by atoms with Gasteiger partial charge in [0.25, 0.3) is 0 Å². The van der Waals surface area contributed by atoms with Crippen molar-refractivity contribution in [2.75, 3.05) is 26.1 Å². The van der Waals surface area contributed by atoms with Crippen LogP contribution >= 0.6 is 0 Å². The Morgan fingerprint density at radius 3 is 2.53 bits per heavy atom. The van der Waals surface area contributed by atoms with E-state index in [0.29, 0.717) is 36.6 Å². The number of ether oxygens (including phenoxy) is 2. The van der Waals surface area contributed by atoms with Gasteiger partial charge in [-0.25, -0.2) is 12.8 Å². The Hall–Kier alpha value is -2.65. The Morgan fingerprint density at radius 1 is 1.13 bits per heavy atom. The summed E-state index contributed by atoms with van der Waals surface area (Å²) < 4.78 is 51.2. The van der Waals surface area contributed by atoms with Crippen molar-refractivity contribution in [2.45, 2.75) is 36.6 Å². The number of hydrogen-bond acceptors (Lipinski definition) is 5. The van der Waals surface area contributed by atoms with Crippen molar-refractivity contribution in [1.29, 1.82) is 0 Å². The third kappa shape index (κ3) is 4.91. The van der Waals surface area contributed by atoms with Crippen LogP contribution in [0.3, 0.4) is 0 Å². The van der Waals surface area contributed by atoms with E-state index in [1.54, 1.807) is 18.2 Å². The predicted octanol–water partition coefficient (Wildman–Crippen LogP) is 3.41. The highest BCUT2D eigenvalue weighted by molar-refractivity contribution is 7.89. The molecule has 162 valence electrons. The summed E-state index contributed by atoms with van der Waals surface area (Å²) in [5, 5.41) is 2.79. The van der Waals surface area contributed by atoms with Crippen molar-refractivity contribution in [1.82, 2.24) is 4.31 Å². The number of nitrogens with zero attached hydrogens (tertiary/aromatic N) is 1. The molecule has 0 bridgehead atoms. The van der Waals surface area contributed by atoms with Gasteiger partial charge in [0.05, 0.1) is 24.8 Å². The van der Waals surface area contributed by atoms with E-state index in [0.717, 1.165) is 18.6 Å². The fourth-order valence-corrected chi connectivity index (χ4v) is 5.26. The summed E-state index contributed by atoms with van der Waals surface area (Å²) in [5.74, 6) is 0.205. The van der Waals surface area contributed by atoms with Crippen LogP contribution in [-0.2, 0) is 14.8 Å². The van der Waals surface area contributed by atoms with Gasteiger partial charge in [-0.2, -0.15) is 4.31 Å². The Balaban J connectivity index is 1.77. The number of amides is 1. The van der Waals surface area contributed by atoms with Crippen LogP contribution < -0.4 is 14.8 Å². The lowest BCUT2D eigenvalue weighted by molar-refractivity contribution is -0.117. The second-order valence-electron chi connectivity index (χ2n) is 7.04. The first-order valence-electron chi connectivity index (χ1n) is 9.64. The molecule has 1 aliphatic rings. The van der Waals surface area contributed by atoms with Crippen LogP contribution in [0.5, 0.6) is 11.5 Å². The maximum Gasteiger partial charge on any atom is 0.243 e. The quantitative estimate of drug-likeness (QED) is 0.719. The van der Waals surface area contributed by atoms with Crippen LogP contribution in [-0.4, -0.2) is 45.4 Å². The van der Waals surface area contributed by atoms with Crippen molar-refractivity contribution in [3.63, 3.8) is 0 Å². The highest BCUT2D eigenvalue weighted by Gasteiger charge is 2.34. The first kappa shape index (κ1) is 22.0. The average molecular weight is 437 g/mol. The Labute approximate surface area is 175 Å². The number of carbonyl (C=O) groups is 1. The van der Waals surface area contributed by atoms with Crippen molar-refractivity contribution in [3.8, 4) is 11.5 Å². The maximum atomic E-state index is 13.2. The van der Waals surface area contributed by atoms with Gasteiger partial charge in [-0.15, -0.1) is 0 Å². The molecule has 1 atom stereocenters. The lowest BCUT2D eigenvalue weighted by Gasteiger charge is -2.34. The van der Waals surface area contributed by atoms with E-state index in [9.17, 15) is 17.6 Å². The van der Waals surface area contributed by atoms with Crippen LogP contribution in [0.4, 0.5) is 10.1 Å². The van der Waals surface area contributed by atoms with Gasteiger partial charge in [-0.3, -0.25) is 4.79 Å². The van der Waals surface area contributed by atoms with E-state index < -0.39 is 21.9 Å². The van der Waals surface area contributed by atoms with E-state index >= 15 is 0 Å². The normalized spacial score (nSPS) is 17.4. The van der Waals surface area contributed by atoms with E-state index in [2.05, 4.69) is 5.32 Å². The monoisotopic (exact) mass is 436 g/mol. The lowest BCUT2D eigenvalue weighted by Crippen LogP contribution is -2.45. The molecule has 7 nitrogen and oxygen atoms in total. The minimum Gasteiger partial charge on any atom is -0.497 e. The van der Waals surface area contributed by atoms with Crippen LogP contribution in [0, 0.1) is 5.82 Å². The number of hydrogen-bond donors (Lipinski definition) is 1. The zero-order valence-electron chi connectivity index (χ0n) is 16.9. The third-order valence-corrected chi connectivity index (χ3v) is 7.06. The fourth-order valence-electron chi connectivity index (χ4n) is 3.56. The number of carbonyl (C=O) groups excluding carboxylic acids is 1. The maximum absolute atomic E-state index is 13.2. The second-order valence-corrected chi connectivity index (χ2v) is 8.93. The molecule has 0 spiro atoms. The molecule has 0 saturated carbocycles. The SMILES string of the molecule is COc1ccc(OC)c(NC(=O)C[C@H]2CCCCN2S(=O)(=O)c2ccc(F)cc2)c1. The zero-order chi connectivity index (χ0) is 21.7. The molecule has 3 rings (SSSR count). The number of benzene rings is 2. The Morgan fingerprint density at radius 2 is 1.87 bits per heavy atom. The molecule has 30 heavy (non-hydrogen) atoms. The number of methoxy groups -OCH3 is 2. The van der Waals surface area contributed by atoms with Gasteiger partial charge < -0.3 is 14.8 Å². The number of sulfonamides is 1. The molecule has 2 aromatic carbocycles. The number of anilines is 1. The van der Waals surface area contributed by atoms with E-state index in [1.165, 1.54) is 30.7 Å². The van der Waals surface area contributed by atoms with Crippen LogP contribution in [0.1, 0.15) is 25.7 Å². The van der Waals surface area contributed by atoms with Crippen LogP contribution in [0.15, 0.2) is 47.4 Å². The Bertz CT molecular complexity index is 995. The van der Waals surface area contributed by atoms with Gasteiger partial charge >= 0.3 is 0 Å². The molecule has 1 aliphatic heterocycles. The zero-order valence-corrected chi connectivity index (χ0v) is 17.7. The van der Waals surface area contributed by atoms with Crippen molar-refractivity contribution in [3.05, 3.63) is 48.3 Å². The molecule has 1 saturated heterocycles. The van der Waals surface area contributed by atoms with Gasteiger partial charge in [0.2, 0.25) is 15.9 Å². The fraction of sp³-hybridized carbons (Fsp3) is 0.381. The topological polar surface area (TPSA) is 84.9 Å². The average Bonchev–Trinajstić information content (AvgIpc) is 2.74. The summed E-state index contributed by atoms with van der Waals surface area (Å²) >= 11 is 0. The molecule has 1 N–H and O–H groups in total. The summed E-state index contributed by atoms with van der Waals surface area (Å²) in [6.07, 6.45) is 2.11. The number of halogens is 1. The number of nitrogens with one attached hydrogen (secondary N) is 1. The molecule has 0 radical (unpaired) electrons. The first-order valence-corrected chi connectivity index (χ1v) is 11.1. The van der Waals surface area contributed by atoms with Gasteiger partial charge in [0, 0.05) is 25.1 Å². The summed E-state index contributed by atoms with van der Waals surface area (Å²) in [6, 6.07) is 9.29. The highest BCUT2D eigenvalue weighted by Crippen LogP contribution is 2.31. The predicted molar refractivity (Wildman–Crippen MR) is 111 cm³/mol. The number of rotatable bonds is 7. The summed E-state index contributed by atoms with van der Waals surface area (Å²) in [6.45, 7) is 0.320. The largest absolute Gasteiger partial charge is 0.497 e. The molecule has 2 aromatic rings. The molecule has 1 amide bonds. The standard InChI is InChI=1S/C21H25FN2O5S/c1-28-17-8-11-20(29-2)19(14-17)23-21(25)13-16-5-3-4-12-24(16)30(26,27)18-9-6-15(22)7-10-18/h6-11,14,16H,3-5,12-13H2,1-2H3,(H,23,25)/t16-/m1/s1. The second kappa shape index (κ2) is 9.44. The van der Waals surface area contributed by atoms with Crippen LogP contribution in [0.25, 0.3) is 0 Å². The van der Waals surface area contributed by atoms with E-state index in [1.807, 2.05) is 0 Å². The van der Waals surface area contributed by atoms with E-state index in [4.69, 9.17) is 9.47 Å².